The van der Waals surface area contributed by atoms with Crippen molar-refractivity contribution in [1.82, 2.24) is 14.3 Å². The second-order valence-corrected chi connectivity index (χ2v) is 6.60. The van der Waals surface area contributed by atoms with Gasteiger partial charge >= 0.3 is 5.97 Å². The number of carbonyl (C=O) groups excluding carboxylic acids is 1. The molecule has 1 unspecified atom stereocenters. The summed E-state index contributed by atoms with van der Waals surface area (Å²) in [7, 11) is 1.79. The Kier molecular flexibility index (Phi) is 4.85. The van der Waals surface area contributed by atoms with Crippen LogP contribution >= 0.6 is 0 Å². The molecule has 2 heterocycles. The fraction of sp³-hybridized carbons (Fsp3) is 0.250. The van der Waals surface area contributed by atoms with Crippen molar-refractivity contribution in [3.8, 4) is 5.82 Å². The van der Waals surface area contributed by atoms with Gasteiger partial charge in [-0.25, -0.2) is 0 Å². The van der Waals surface area contributed by atoms with Crippen LogP contribution in [0.2, 0.25) is 0 Å². The molecule has 7 heteroatoms. The van der Waals surface area contributed by atoms with E-state index in [-0.39, 0.29) is 5.91 Å². The number of aryl methyl sites for hydroxylation is 3. The highest BCUT2D eigenvalue weighted by Crippen LogP contribution is 2.23. The third kappa shape index (κ3) is 3.48. The van der Waals surface area contributed by atoms with Crippen molar-refractivity contribution in [3.05, 3.63) is 65.1 Å². The molecular weight excluding hydrogens is 344 g/mol. The first-order valence-corrected chi connectivity index (χ1v) is 8.61. The SMILES string of the molecule is Cc1ccc(C)n1-c1c(C(=O)Nc2cccc(C(C)C(=O)O)c2)cnn1C. The van der Waals surface area contributed by atoms with E-state index in [2.05, 4.69) is 10.4 Å². The van der Waals surface area contributed by atoms with E-state index in [1.54, 1.807) is 42.9 Å². The zero-order valence-corrected chi connectivity index (χ0v) is 15.7. The topological polar surface area (TPSA) is 89.2 Å². The first kappa shape index (κ1) is 18.4. The second kappa shape index (κ2) is 7.11. The Morgan fingerprint density at radius 1 is 1.15 bits per heavy atom. The van der Waals surface area contributed by atoms with Crippen molar-refractivity contribution in [2.24, 2.45) is 7.05 Å². The molecule has 0 radical (unpaired) electrons. The molecule has 1 aromatic carbocycles. The second-order valence-electron chi connectivity index (χ2n) is 6.60. The average Bonchev–Trinajstić information content (AvgIpc) is 3.16. The van der Waals surface area contributed by atoms with E-state index in [9.17, 15) is 14.7 Å². The standard InChI is InChI=1S/C20H22N4O3/c1-12-8-9-13(2)24(12)19-17(11-21-23(19)4)18(25)22-16-7-5-6-15(10-16)14(3)20(26)27/h5-11,14H,1-4H3,(H,22,25)(H,26,27). The highest BCUT2D eigenvalue weighted by molar-refractivity contribution is 6.06. The van der Waals surface area contributed by atoms with Gasteiger partial charge in [-0.15, -0.1) is 0 Å². The van der Waals surface area contributed by atoms with Crippen molar-refractivity contribution in [2.45, 2.75) is 26.7 Å². The third-order valence-electron chi connectivity index (χ3n) is 4.65. The molecule has 0 aliphatic heterocycles. The number of nitrogens with zero attached hydrogens (tertiary/aromatic N) is 3. The number of rotatable bonds is 5. The number of hydrogen-bond donors (Lipinski definition) is 2. The number of nitrogens with one attached hydrogen (secondary N) is 1. The molecule has 0 aliphatic carbocycles. The maximum Gasteiger partial charge on any atom is 0.310 e. The molecule has 27 heavy (non-hydrogen) atoms. The van der Waals surface area contributed by atoms with Gasteiger partial charge in [-0.1, -0.05) is 12.1 Å². The fourth-order valence-corrected chi connectivity index (χ4v) is 3.09. The Labute approximate surface area is 157 Å². The van der Waals surface area contributed by atoms with E-state index in [1.807, 2.05) is 30.5 Å². The summed E-state index contributed by atoms with van der Waals surface area (Å²) >= 11 is 0. The minimum absolute atomic E-state index is 0.300. The van der Waals surface area contributed by atoms with Crippen LogP contribution < -0.4 is 5.32 Å². The van der Waals surface area contributed by atoms with E-state index in [1.165, 1.54) is 6.20 Å². The summed E-state index contributed by atoms with van der Waals surface area (Å²) in [6.45, 7) is 5.55. The van der Waals surface area contributed by atoms with Gasteiger partial charge in [0.2, 0.25) is 0 Å². The Bertz CT molecular complexity index is 997. The number of amides is 1. The molecule has 0 fully saturated rings. The van der Waals surface area contributed by atoms with Crippen LogP contribution in [-0.4, -0.2) is 31.3 Å². The molecule has 140 valence electrons. The molecule has 3 aromatic rings. The molecule has 1 amide bonds. The Hall–Kier alpha value is -3.35. The van der Waals surface area contributed by atoms with Gasteiger partial charge in [0.1, 0.15) is 11.4 Å². The van der Waals surface area contributed by atoms with Crippen molar-refractivity contribution >= 4 is 17.6 Å². The number of carbonyl (C=O) groups is 2. The molecule has 0 aliphatic rings. The zero-order chi connectivity index (χ0) is 19.7. The molecule has 7 nitrogen and oxygen atoms in total. The van der Waals surface area contributed by atoms with E-state index in [0.717, 1.165) is 11.4 Å². The minimum Gasteiger partial charge on any atom is -0.481 e. The highest BCUT2D eigenvalue weighted by atomic mass is 16.4. The number of aliphatic carboxylic acids is 1. The lowest BCUT2D eigenvalue weighted by Gasteiger charge is -2.13. The average molecular weight is 366 g/mol. The molecule has 0 saturated heterocycles. The van der Waals surface area contributed by atoms with Gasteiger partial charge in [0.25, 0.3) is 5.91 Å². The van der Waals surface area contributed by atoms with Crippen LogP contribution in [0, 0.1) is 13.8 Å². The summed E-state index contributed by atoms with van der Waals surface area (Å²) in [6.07, 6.45) is 1.53. The van der Waals surface area contributed by atoms with Crippen LogP contribution in [0.25, 0.3) is 5.82 Å². The number of benzene rings is 1. The van der Waals surface area contributed by atoms with Crippen molar-refractivity contribution in [1.29, 1.82) is 0 Å². The lowest BCUT2D eigenvalue weighted by molar-refractivity contribution is -0.138. The Morgan fingerprint density at radius 2 is 1.81 bits per heavy atom. The van der Waals surface area contributed by atoms with Gasteiger partial charge < -0.3 is 15.0 Å². The van der Waals surface area contributed by atoms with E-state index in [4.69, 9.17) is 0 Å². The Morgan fingerprint density at radius 3 is 2.44 bits per heavy atom. The Balaban J connectivity index is 1.93. The fourth-order valence-electron chi connectivity index (χ4n) is 3.09. The van der Waals surface area contributed by atoms with E-state index < -0.39 is 11.9 Å². The number of hydrogen-bond acceptors (Lipinski definition) is 3. The molecule has 2 aromatic heterocycles. The van der Waals surface area contributed by atoms with Crippen molar-refractivity contribution in [2.75, 3.05) is 5.32 Å². The van der Waals surface area contributed by atoms with Gasteiger partial charge in [0.15, 0.2) is 0 Å². The van der Waals surface area contributed by atoms with Gasteiger partial charge in [-0.2, -0.15) is 5.10 Å². The number of carboxylic acids is 1. The smallest absolute Gasteiger partial charge is 0.310 e. The molecule has 0 saturated carbocycles. The zero-order valence-electron chi connectivity index (χ0n) is 15.7. The van der Waals surface area contributed by atoms with Gasteiger partial charge in [0, 0.05) is 24.1 Å². The van der Waals surface area contributed by atoms with Gasteiger partial charge in [0.05, 0.1) is 12.1 Å². The molecule has 2 N–H and O–H groups in total. The third-order valence-corrected chi connectivity index (χ3v) is 4.65. The van der Waals surface area contributed by atoms with Gasteiger partial charge in [-0.3, -0.25) is 14.3 Å². The number of aromatic nitrogens is 3. The van der Waals surface area contributed by atoms with E-state index in [0.29, 0.717) is 22.6 Å². The van der Waals surface area contributed by atoms with E-state index >= 15 is 0 Å². The first-order chi connectivity index (χ1) is 12.8. The lowest BCUT2D eigenvalue weighted by atomic mass is 10.0. The van der Waals surface area contributed by atoms with Crippen LogP contribution in [0.5, 0.6) is 0 Å². The van der Waals surface area contributed by atoms with Crippen molar-refractivity contribution < 1.29 is 14.7 Å². The van der Waals surface area contributed by atoms with Crippen LogP contribution in [0.3, 0.4) is 0 Å². The lowest BCUT2D eigenvalue weighted by Crippen LogP contribution is -2.17. The highest BCUT2D eigenvalue weighted by Gasteiger charge is 2.20. The predicted molar refractivity (Wildman–Crippen MR) is 102 cm³/mol. The van der Waals surface area contributed by atoms with Crippen LogP contribution in [-0.2, 0) is 11.8 Å². The van der Waals surface area contributed by atoms with Crippen molar-refractivity contribution in [3.63, 3.8) is 0 Å². The summed E-state index contributed by atoms with van der Waals surface area (Å²) in [5.74, 6) is -1.18. The minimum atomic E-state index is -0.911. The predicted octanol–water partition coefficient (Wildman–Crippen LogP) is 3.27. The quantitative estimate of drug-likeness (QED) is 0.725. The largest absolute Gasteiger partial charge is 0.481 e. The number of anilines is 1. The normalized spacial score (nSPS) is 12.0. The maximum absolute atomic E-state index is 12.9. The summed E-state index contributed by atoms with van der Waals surface area (Å²) < 4.78 is 3.64. The summed E-state index contributed by atoms with van der Waals surface area (Å²) in [5, 5.41) is 16.3. The monoisotopic (exact) mass is 366 g/mol. The van der Waals surface area contributed by atoms with Crippen LogP contribution in [0.4, 0.5) is 5.69 Å². The van der Waals surface area contributed by atoms with Crippen LogP contribution in [0.1, 0.15) is 40.2 Å². The molecule has 0 spiro atoms. The summed E-state index contributed by atoms with van der Waals surface area (Å²) in [6, 6.07) is 10.9. The van der Waals surface area contributed by atoms with Crippen LogP contribution in [0.15, 0.2) is 42.6 Å². The first-order valence-electron chi connectivity index (χ1n) is 8.61. The molecule has 1 atom stereocenters. The summed E-state index contributed by atoms with van der Waals surface area (Å²) in [4.78, 5) is 24.1. The summed E-state index contributed by atoms with van der Waals surface area (Å²) in [5.41, 5.74) is 3.62. The number of carboxylic acid groups (broad SMARTS) is 1. The molecule has 0 bridgehead atoms. The maximum atomic E-state index is 12.9. The molecule has 3 rings (SSSR count). The molecular formula is C20H22N4O3. The van der Waals surface area contributed by atoms with Gasteiger partial charge in [-0.05, 0) is 50.6 Å².